The Morgan fingerprint density at radius 1 is 0.867 bits per heavy atom. The van der Waals surface area contributed by atoms with Gasteiger partial charge in [0.25, 0.3) is 5.91 Å². The van der Waals surface area contributed by atoms with E-state index in [1.54, 1.807) is 36.3 Å². The topological polar surface area (TPSA) is 80.3 Å². The van der Waals surface area contributed by atoms with Crippen molar-refractivity contribution in [3.05, 3.63) is 71.8 Å². The number of amides is 1. The molecule has 0 unspecified atom stereocenters. The third kappa shape index (κ3) is 3.14. The highest BCUT2D eigenvalue weighted by Gasteiger charge is 2.36. The minimum absolute atomic E-state index is 0.102. The molecule has 3 aromatic carbocycles. The number of anilines is 2. The van der Waals surface area contributed by atoms with Crippen molar-refractivity contribution in [3.63, 3.8) is 0 Å². The molecule has 1 aliphatic rings. The Hall–Kier alpha value is -3.87. The minimum atomic E-state index is -0.591. The van der Waals surface area contributed by atoms with Crippen LogP contribution in [-0.4, -0.2) is 32.3 Å². The second kappa shape index (κ2) is 7.87. The molecule has 0 spiro atoms. The second-order valence-electron chi connectivity index (χ2n) is 6.71. The van der Waals surface area contributed by atoms with Crippen LogP contribution >= 0.6 is 0 Å². The van der Waals surface area contributed by atoms with E-state index in [0.29, 0.717) is 28.3 Å². The average Bonchev–Trinajstić information content (AvgIpc) is 2.79. The first kappa shape index (κ1) is 19.4. The largest absolute Gasteiger partial charge is 0.502 e. The number of ether oxygens (including phenoxy) is 3. The number of phenolic OH excluding ortho intramolecular Hbond substituents is 1. The fraction of sp³-hybridized carbons (Fsp3) is 0.174. The van der Waals surface area contributed by atoms with Gasteiger partial charge in [-0.2, -0.15) is 0 Å². The normalized spacial score (nSPS) is 15.2. The Morgan fingerprint density at radius 2 is 1.47 bits per heavy atom. The summed E-state index contributed by atoms with van der Waals surface area (Å²) in [6, 6.07) is 18.0. The molecule has 30 heavy (non-hydrogen) atoms. The Labute approximate surface area is 174 Å². The molecule has 7 nitrogen and oxygen atoms in total. The molecule has 4 rings (SSSR count). The van der Waals surface area contributed by atoms with Crippen LogP contribution in [0.3, 0.4) is 0 Å². The number of para-hydroxylation sites is 3. The number of carbonyl (C=O) groups is 1. The standard InChI is InChI=1S/C23H22N2O5/c1-28-18-11-7-6-10-17(18)25-22(24-16-9-5-4-8-15(16)23(25)27)14-12-19(29-2)21(26)20(13-14)30-3/h4-13,22,24,26H,1-3H3/t22-/m1/s1. The molecule has 1 atom stereocenters. The molecule has 0 fully saturated rings. The van der Waals surface area contributed by atoms with Gasteiger partial charge in [0.1, 0.15) is 11.9 Å². The maximum absolute atomic E-state index is 13.6. The molecule has 0 saturated carbocycles. The molecular weight excluding hydrogens is 384 g/mol. The zero-order chi connectivity index (χ0) is 21.3. The van der Waals surface area contributed by atoms with Crippen molar-refractivity contribution in [1.29, 1.82) is 0 Å². The Bertz CT molecular complexity index is 1070. The average molecular weight is 406 g/mol. The monoisotopic (exact) mass is 406 g/mol. The van der Waals surface area contributed by atoms with Crippen molar-refractivity contribution in [2.24, 2.45) is 0 Å². The van der Waals surface area contributed by atoms with Crippen LogP contribution in [0.15, 0.2) is 60.7 Å². The molecule has 1 aliphatic heterocycles. The number of rotatable bonds is 5. The van der Waals surface area contributed by atoms with E-state index in [-0.39, 0.29) is 23.2 Å². The number of hydrogen-bond acceptors (Lipinski definition) is 6. The first-order valence-electron chi connectivity index (χ1n) is 9.36. The SMILES string of the molecule is COc1ccccc1N1C(=O)c2ccccc2N[C@H]1c1cc(OC)c(O)c(OC)c1. The lowest BCUT2D eigenvalue weighted by molar-refractivity contribution is 0.0974. The molecule has 2 N–H and O–H groups in total. The van der Waals surface area contributed by atoms with Crippen LogP contribution in [0.1, 0.15) is 22.1 Å². The highest BCUT2D eigenvalue weighted by atomic mass is 16.5. The highest BCUT2D eigenvalue weighted by molar-refractivity contribution is 6.12. The summed E-state index contributed by atoms with van der Waals surface area (Å²) in [6.07, 6.45) is -0.591. The number of phenols is 1. The highest BCUT2D eigenvalue weighted by Crippen LogP contribution is 2.44. The van der Waals surface area contributed by atoms with E-state index in [1.807, 2.05) is 36.4 Å². The van der Waals surface area contributed by atoms with Crippen molar-refractivity contribution < 1.29 is 24.1 Å². The van der Waals surface area contributed by atoms with Crippen LogP contribution in [0.25, 0.3) is 0 Å². The predicted octanol–water partition coefficient (Wildman–Crippen LogP) is 4.19. The van der Waals surface area contributed by atoms with Crippen LogP contribution in [0.4, 0.5) is 11.4 Å². The Kier molecular flexibility index (Phi) is 5.10. The van der Waals surface area contributed by atoms with Crippen molar-refractivity contribution in [1.82, 2.24) is 0 Å². The van der Waals surface area contributed by atoms with Crippen molar-refractivity contribution in [3.8, 4) is 23.0 Å². The van der Waals surface area contributed by atoms with Gasteiger partial charge in [0.05, 0.1) is 32.6 Å². The summed E-state index contributed by atoms with van der Waals surface area (Å²) in [5.41, 5.74) is 2.56. The van der Waals surface area contributed by atoms with Gasteiger partial charge >= 0.3 is 0 Å². The maximum Gasteiger partial charge on any atom is 0.262 e. The van der Waals surface area contributed by atoms with Gasteiger partial charge in [-0.05, 0) is 36.4 Å². The minimum Gasteiger partial charge on any atom is -0.502 e. The van der Waals surface area contributed by atoms with E-state index in [4.69, 9.17) is 14.2 Å². The van der Waals surface area contributed by atoms with E-state index in [0.717, 1.165) is 0 Å². The summed E-state index contributed by atoms with van der Waals surface area (Å²) < 4.78 is 16.1. The molecule has 1 amide bonds. The molecule has 7 heteroatoms. The Morgan fingerprint density at radius 3 is 2.13 bits per heavy atom. The van der Waals surface area contributed by atoms with Gasteiger partial charge in [-0.15, -0.1) is 0 Å². The molecule has 3 aromatic rings. The molecule has 0 aromatic heterocycles. The summed E-state index contributed by atoms with van der Waals surface area (Å²) in [5.74, 6) is 0.782. The number of hydrogen-bond donors (Lipinski definition) is 2. The quantitative estimate of drug-likeness (QED) is 0.661. The fourth-order valence-electron chi connectivity index (χ4n) is 3.64. The van der Waals surface area contributed by atoms with Gasteiger partial charge in [-0.25, -0.2) is 0 Å². The van der Waals surface area contributed by atoms with Gasteiger partial charge in [-0.3, -0.25) is 9.69 Å². The van der Waals surface area contributed by atoms with Gasteiger partial charge in [0, 0.05) is 11.3 Å². The number of methoxy groups -OCH3 is 3. The molecule has 0 saturated heterocycles. The molecule has 0 bridgehead atoms. The third-order valence-electron chi connectivity index (χ3n) is 5.09. The third-order valence-corrected chi connectivity index (χ3v) is 5.09. The summed E-state index contributed by atoms with van der Waals surface area (Å²) >= 11 is 0. The number of fused-ring (bicyclic) bond motifs is 1. The van der Waals surface area contributed by atoms with Crippen LogP contribution in [-0.2, 0) is 0 Å². The van der Waals surface area contributed by atoms with E-state index in [2.05, 4.69) is 5.32 Å². The molecule has 0 aliphatic carbocycles. The van der Waals surface area contributed by atoms with Crippen molar-refractivity contribution >= 4 is 17.3 Å². The van der Waals surface area contributed by atoms with Crippen LogP contribution < -0.4 is 24.4 Å². The van der Waals surface area contributed by atoms with Gasteiger partial charge in [0.2, 0.25) is 5.75 Å². The van der Waals surface area contributed by atoms with Crippen LogP contribution in [0.2, 0.25) is 0 Å². The van der Waals surface area contributed by atoms with Gasteiger partial charge in [0.15, 0.2) is 11.5 Å². The zero-order valence-electron chi connectivity index (χ0n) is 16.9. The lowest BCUT2D eigenvalue weighted by atomic mass is 10.0. The number of nitrogens with one attached hydrogen (secondary N) is 1. The summed E-state index contributed by atoms with van der Waals surface area (Å²) in [4.78, 5) is 15.2. The number of carbonyl (C=O) groups excluding carboxylic acids is 1. The molecule has 1 heterocycles. The first-order valence-corrected chi connectivity index (χ1v) is 9.36. The zero-order valence-corrected chi connectivity index (χ0v) is 16.9. The number of aromatic hydroxyl groups is 1. The second-order valence-corrected chi connectivity index (χ2v) is 6.71. The lowest BCUT2D eigenvalue weighted by Crippen LogP contribution is -2.43. The Balaban J connectivity index is 1.93. The van der Waals surface area contributed by atoms with Gasteiger partial charge < -0.3 is 24.6 Å². The van der Waals surface area contributed by atoms with Crippen LogP contribution in [0.5, 0.6) is 23.0 Å². The lowest BCUT2D eigenvalue weighted by Gasteiger charge is -2.38. The summed E-state index contributed by atoms with van der Waals surface area (Å²) in [5, 5.41) is 13.7. The van der Waals surface area contributed by atoms with E-state index < -0.39 is 6.17 Å². The van der Waals surface area contributed by atoms with E-state index in [9.17, 15) is 9.90 Å². The fourth-order valence-corrected chi connectivity index (χ4v) is 3.64. The van der Waals surface area contributed by atoms with Gasteiger partial charge in [-0.1, -0.05) is 24.3 Å². The van der Waals surface area contributed by atoms with Crippen molar-refractivity contribution in [2.45, 2.75) is 6.17 Å². The molecule has 0 radical (unpaired) electrons. The summed E-state index contributed by atoms with van der Waals surface area (Å²) in [7, 11) is 4.49. The molecule has 154 valence electrons. The van der Waals surface area contributed by atoms with Crippen molar-refractivity contribution in [2.75, 3.05) is 31.5 Å². The predicted molar refractivity (Wildman–Crippen MR) is 114 cm³/mol. The first-order chi connectivity index (χ1) is 14.6. The molecular formula is C23H22N2O5. The van der Waals surface area contributed by atoms with E-state index >= 15 is 0 Å². The maximum atomic E-state index is 13.6. The summed E-state index contributed by atoms with van der Waals surface area (Å²) in [6.45, 7) is 0. The number of benzene rings is 3. The van der Waals surface area contributed by atoms with Crippen LogP contribution in [0, 0.1) is 0 Å². The van der Waals surface area contributed by atoms with E-state index in [1.165, 1.54) is 14.2 Å². The number of nitrogens with zero attached hydrogens (tertiary/aromatic N) is 1. The smallest absolute Gasteiger partial charge is 0.262 e.